The summed E-state index contributed by atoms with van der Waals surface area (Å²) >= 11 is 0. The van der Waals surface area contributed by atoms with Gasteiger partial charge in [0, 0.05) is 12.6 Å². The SMILES string of the molecule is CC(C)NC1(C#N)CCCC1CCN(C)CC1CCCC1. The van der Waals surface area contributed by atoms with Gasteiger partial charge in [0.25, 0.3) is 0 Å². The first-order valence-electron chi connectivity index (χ1n) is 8.93. The molecule has 0 amide bonds. The van der Waals surface area contributed by atoms with Gasteiger partial charge in [-0.3, -0.25) is 5.32 Å². The Morgan fingerprint density at radius 3 is 2.57 bits per heavy atom. The zero-order valence-electron chi connectivity index (χ0n) is 14.2. The van der Waals surface area contributed by atoms with Crippen molar-refractivity contribution in [1.82, 2.24) is 10.2 Å². The fourth-order valence-corrected chi connectivity index (χ4v) is 4.45. The van der Waals surface area contributed by atoms with Crippen LogP contribution in [0.3, 0.4) is 0 Å². The summed E-state index contributed by atoms with van der Waals surface area (Å²) in [6, 6.07) is 3.02. The lowest BCUT2D eigenvalue weighted by Crippen LogP contribution is -2.50. The molecule has 0 aromatic heterocycles. The minimum Gasteiger partial charge on any atom is -0.306 e. The van der Waals surface area contributed by atoms with Crippen LogP contribution in [0.2, 0.25) is 0 Å². The average molecular weight is 291 g/mol. The largest absolute Gasteiger partial charge is 0.306 e. The molecule has 0 radical (unpaired) electrons. The molecule has 2 unspecified atom stereocenters. The van der Waals surface area contributed by atoms with Gasteiger partial charge in [-0.25, -0.2) is 0 Å². The van der Waals surface area contributed by atoms with Gasteiger partial charge in [-0.15, -0.1) is 0 Å². The normalized spacial score (nSPS) is 30.4. The van der Waals surface area contributed by atoms with E-state index in [9.17, 15) is 5.26 Å². The summed E-state index contributed by atoms with van der Waals surface area (Å²) in [5, 5.41) is 13.3. The Morgan fingerprint density at radius 1 is 1.24 bits per heavy atom. The van der Waals surface area contributed by atoms with Crippen LogP contribution in [0.1, 0.15) is 65.2 Å². The summed E-state index contributed by atoms with van der Waals surface area (Å²) in [5.41, 5.74) is -0.262. The number of hydrogen-bond acceptors (Lipinski definition) is 3. The maximum Gasteiger partial charge on any atom is 0.109 e. The molecule has 0 aromatic rings. The van der Waals surface area contributed by atoms with E-state index >= 15 is 0 Å². The maximum absolute atomic E-state index is 9.70. The van der Waals surface area contributed by atoms with Crippen molar-refractivity contribution in [3.05, 3.63) is 0 Å². The van der Waals surface area contributed by atoms with Crippen LogP contribution in [0.4, 0.5) is 0 Å². The zero-order chi connectivity index (χ0) is 15.3. The van der Waals surface area contributed by atoms with E-state index in [-0.39, 0.29) is 5.54 Å². The third kappa shape index (κ3) is 4.44. The monoisotopic (exact) mass is 291 g/mol. The van der Waals surface area contributed by atoms with Gasteiger partial charge in [-0.2, -0.15) is 5.26 Å². The molecule has 2 saturated carbocycles. The van der Waals surface area contributed by atoms with Gasteiger partial charge >= 0.3 is 0 Å². The lowest BCUT2D eigenvalue weighted by molar-refractivity contribution is 0.222. The lowest BCUT2D eigenvalue weighted by Gasteiger charge is -2.33. The maximum atomic E-state index is 9.70. The van der Waals surface area contributed by atoms with Gasteiger partial charge < -0.3 is 4.90 Å². The van der Waals surface area contributed by atoms with Crippen LogP contribution in [0, 0.1) is 23.2 Å². The van der Waals surface area contributed by atoms with E-state index in [2.05, 4.69) is 37.2 Å². The highest BCUT2D eigenvalue weighted by Crippen LogP contribution is 2.38. The number of nitrogens with zero attached hydrogens (tertiary/aromatic N) is 2. The summed E-state index contributed by atoms with van der Waals surface area (Å²) in [5.74, 6) is 1.45. The Kier molecular flexibility index (Phi) is 6.08. The highest BCUT2D eigenvalue weighted by Gasteiger charge is 2.43. The molecule has 0 heterocycles. The zero-order valence-corrected chi connectivity index (χ0v) is 14.2. The molecule has 1 N–H and O–H groups in total. The van der Waals surface area contributed by atoms with Crippen LogP contribution in [-0.2, 0) is 0 Å². The Morgan fingerprint density at radius 2 is 1.95 bits per heavy atom. The molecule has 2 fully saturated rings. The molecule has 2 rings (SSSR count). The molecular formula is C18H33N3. The fraction of sp³-hybridized carbons (Fsp3) is 0.944. The molecule has 21 heavy (non-hydrogen) atoms. The molecule has 0 aliphatic heterocycles. The highest BCUT2D eigenvalue weighted by molar-refractivity contribution is 5.14. The van der Waals surface area contributed by atoms with Crippen molar-refractivity contribution in [3.8, 4) is 6.07 Å². The van der Waals surface area contributed by atoms with E-state index in [4.69, 9.17) is 0 Å². The summed E-state index contributed by atoms with van der Waals surface area (Å²) < 4.78 is 0. The molecule has 3 nitrogen and oxygen atoms in total. The number of hydrogen-bond donors (Lipinski definition) is 1. The summed E-state index contributed by atoms with van der Waals surface area (Å²) in [7, 11) is 2.26. The predicted molar refractivity (Wildman–Crippen MR) is 88.0 cm³/mol. The van der Waals surface area contributed by atoms with Crippen LogP contribution in [0.5, 0.6) is 0 Å². The van der Waals surface area contributed by atoms with Crippen LogP contribution < -0.4 is 5.32 Å². The Bertz CT molecular complexity index is 354. The Balaban J connectivity index is 1.81. The van der Waals surface area contributed by atoms with Crippen molar-refractivity contribution < 1.29 is 0 Å². The van der Waals surface area contributed by atoms with E-state index in [0.717, 1.165) is 25.3 Å². The molecule has 0 aromatic carbocycles. The molecule has 0 bridgehead atoms. The Labute approximate surface area is 131 Å². The third-order valence-corrected chi connectivity index (χ3v) is 5.47. The van der Waals surface area contributed by atoms with Crippen LogP contribution in [0.15, 0.2) is 0 Å². The van der Waals surface area contributed by atoms with E-state index in [1.54, 1.807) is 0 Å². The van der Waals surface area contributed by atoms with Gasteiger partial charge in [-0.1, -0.05) is 19.3 Å². The topological polar surface area (TPSA) is 39.1 Å². The van der Waals surface area contributed by atoms with Gasteiger partial charge in [0.2, 0.25) is 0 Å². The van der Waals surface area contributed by atoms with Crippen LogP contribution in [0.25, 0.3) is 0 Å². The Hall–Kier alpha value is -0.590. The molecule has 0 spiro atoms. The van der Waals surface area contributed by atoms with E-state index in [0.29, 0.717) is 12.0 Å². The van der Waals surface area contributed by atoms with Crippen molar-refractivity contribution in [3.63, 3.8) is 0 Å². The first-order valence-corrected chi connectivity index (χ1v) is 8.93. The first-order chi connectivity index (χ1) is 10.1. The van der Waals surface area contributed by atoms with Crippen molar-refractivity contribution in [2.24, 2.45) is 11.8 Å². The second-order valence-electron chi connectivity index (χ2n) is 7.67. The lowest BCUT2D eigenvalue weighted by atomic mass is 9.85. The molecular weight excluding hydrogens is 258 g/mol. The molecule has 3 heteroatoms. The summed E-state index contributed by atoms with van der Waals surface area (Å²) in [6.45, 7) is 6.70. The molecule has 2 aliphatic rings. The van der Waals surface area contributed by atoms with E-state index in [1.165, 1.54) is 45.1 Å². The summed E-state index contributed by atoms with van der Waals surface area (Å²) in [6.07, 6.45) is 10.3. The van der Waals surface area contributed by atoms with Gasteiger partial charge in [0.05, 0.1) is 6.07 Å². The molecule has 0 saturated heterocycles. The van der Waals surface area contributed by atoms with E-state index < -0.39 is 0 Å². The first kappa shape index (κ1) is 16.8. The van der Waals surface area contributed by atoms with Crippen molar-refractivity contribution >= 4 is 0 Å². The second-order valence-corrected chi connectivity index (χ2v) is 7.67. The molecule has 2 aliphatic carbocycles. The van der Waals surface area contributed by atoms with Crippen LogP contribution in [-0.4, -0.2) is 36.6 Å². The van der Waals surface area contributed by atoms with Crippen molar-refractivity contribution in [1.29, 1.82) is 5.26 Å². The smallest absolute Gasteiger partial charge is 0.109 e. The van der Waals surface area contributed by atoms with Crippen molar-refractivity contribution in [2.75, 3.05) is 20.1 Å². The quantitative estimate of drug-likeness (QED) is 0.779. The number of nitrogens with one attached hydrogen (secondary N) is 1. The molecule has 2 atom stereocenters. The van der Waals surface area contributed by atoms with Gasteiger partial charge in [0.1, 0.15) is 5.54 Å². The van der Waals surface area contributed by atoms with E-state index in [1.807, 2.05) is 0 Å². The number of rotatable bonds is 7. The van der Waals surface area contributed by atoms with Gasteiger partial charge in [-0.05, 0) is 71.4 Å². The van der Waals surface area contributed by atoms with Crippen molar-refractivity contribution in [2.45, 2.75) is 76.8 Å². The second kappa shape index (κ2) is 7.61. The fourth-order valence-electron chi connectivity index (χ4n) is 4.45. The van der Waals surface area contributed by atoms with Gasteiger partial charge in [0.15, 0.2) is 0 Å². The van der Waals surface area contributed by atoms with Crippen LogP contribution >= 0.6 is 0 Å². The number of nitriles is 1. The predicted octanol–water partition coefficient (Wildman–Crippen LogP) is 3.56. The molecule has 120 valence electrons. The minimum absolute atomic E-state index is 0.262. The summed E-state index contributed by atoms with van der Waals surface area (Å²) in [4.78, 5) is 2.51. The standard InChI is InChI=1S/C18H33N3/c1-15(2)20-18(14-19)11-6-9-17(18)10-12-21(3)13-16-7-4-5-8-16/h15-17,20H,4-13H2,1-3H3. The highest BCUT2D eigenvalue weighted by atomic mass is 15.1. The average Bonchev–Trinajstić information content (AvgIpc) is 3.06. The third-order valence-electron chi connectivity index (χ3n) is 5.47. The minimum atomic E-state index is -0.262.